The molecule has 1 rings (SSSR count). The van der Waals surface area contributed by atoms with Crippen molar-refractivity contribution in [2.45, 2.75) is 45.0 Å². The van der Waals surface area contributed by atoms with Crippen molar-refractivity contribution in [2.24, 2.45) is 12.0 Å². The van der Waals surface area contributed by atoms with E-state index in [0.717, 1.165) is 4.57 Å². The van der Waals surface area contributed by atoms with Crippen molar-refractivity contribution in [3.63, 3.8) is 0 Å². The topological polar surface area (TPSA) is 74.5 Å². The number of nitrogens with one attached hydrogen (secondary N) is 2. The Balaban J connectivity index is 0.00000529. The van der Waals surface area contributed by atoms with Gasteiger partial charge in [-0.25, -0.2) is 4.98 Å². The zero-order chi connectivity index (χ0) is 17.7. The fraction of sp³-hybridized carbons (Fsp3) is 0.714. The van der Waals surface area contributed by atoms with Crippen LogP contribution >= 0.6 is 24.0 Å². The third-order valence-electron chi connectivity index (χ3n) is 3.17. The van der Waals surface area contributed by atoms with Gasteiger partial charge in [0, 0.05) is 45.0 Å². The van der Waals surface area contributed by atoms with Gasteiger partial charge in [-0.3, -0.25) is 4.99 Å². The van der Waals surface area contributed by atoms with Gasteiger partial charge in [0.1, 0.15) is 5.82 Å². The van der Waals surface area contributed by atoms with Crippen molar-refractivity contribution >= 4 is 29.9 Å². The maximum absolute atomic E-state index is 13.3. The van der Waals surface area contributed by atoms with Gasteiger partial charge in [0.15, 0.2) is 5.96 Å². The van der Waals surface area contributed by atoms with Gasteiger partial charge in [-0.15, -0.1) is 24.0 Å². The summed E-state index contributed by atoms with van der Waals surface area (Å²) in [6.07, 6.45) is -2.87. The summed E-state index contributed by atoms with van der Waals surface area (Å²) in [5, 5.41) is 16.1. The zero-order valence-electron chi connectivity index (χ0n) is 14.2. The molecule has 1 heterocycles. The van der Waals surface area contributed by atoms with Crippen LogP contribution in [0.25, 0.3) is 0 Å². The van der Waals surface area contributed by atoms with Crippen LogP contribution in [0.2, 0.25) is 0 Å². The lowest BCUT2D eigenvalue weighted by molar-refractivity contribution is -0.272. The predicted octanol–water partition coefficient (Wildman–Crippen LogP) is 2.14. The van der Waals surface area contributed by atoms with E-state index < -0.39 is 24.0 Å². The summed E-state index contributed by atoms with van der Waals surface area (Å²) in [5.74, 6) is -0.0334. The first kappa shape index (κ1) is 23.0. The van der Waals surface area contributed by atoms with E-state index in [4.69, 9.17) is 0 Å². The van der Waals surface area contributed by atoms with E-state index in [-0.39, 0.29) is 36.6 Å². The summed E-state index contributed by atoms with van der Waals surface area (Å²) in [6, 6.07) is 0.0869. The Labute approximate surface area is 157 Å². The van der Waals surface area contributed by atoms with Gasteiger partial charge >= 0.3 is 6.18 Å². The van der Waals surface area contributed by atoms with Crippen molar-refractivity contribution in [1.82, 2.24) is 20.2 Å². The molecule has 0 aliphatic rings. The first-order chi connectivity index (χ1) is 10.6. The first-order valence-electron chi connectivity index (χ1n) is 7.43. The normalized spacial score (nSPS) is 15.0. The lowest BCUT2D eigenvalue weighted by atomic mass is 9.98. The molecule has 10 heteroatoms. The quantitative estimate of drug-likeness (QED) is 0.344. The molecule has 0 saturated carbocycles. The molecular weight excluding hydrogens is 438 g/mol. The molecule has 1 aromatic heterocycles. The lowest BCUT2D eigenvalue weighted by Gasteiger charge is -2.29. The Hall–Kier alpha value is -1.04. The molecule has 0 bridgehead atoms. The van der Waals surface area contributed by atoms with Crippen LogP contribution in [0.5, 0.6) is 0 Å². The number of aliphatic imine (C=N–C) groups is 1. The molecule has 0 aliphatic carbocycles. The standard InChI is InChI=1S/C14H24F3N5O.HI/c1-5-18-12(21-10(2)3)20-7-6-13(23,14(15,16)17)11-19-8-9-22(11)4;/h8-10,23H,5-7H2,1-4H3,(H2,18,20,21);1H. The Bertz CT molecular complexity index is 533. The number of hydrogen-bond donors (Lipinski definition) is 3. The molecule has 0 radical (unpaired) electrons. The molecular formula is C14H25F3IN5O. The third-order valence-corrected chi connectivity index (χ3v) is 3.17. The molecule has 1 atom stereocenters. The molecule has 1 aromatic rings. The van der Waals surface area contributed by atoms with Gasteiger partial charge in [-0.05, 0) is 20.8 Å². The summed E-state index contributed by atoms with van der Waals surface area (Å²) in [6.45, 7) is 6.03. The van der Waals surface area contributed by atoms with Crippen molar-refractivity contribution < 1.29 is 18.3 Å². The Morgan fingerprint density at radius 3 is 2.46 bits per heavy atom. The van der Waals surface area contributed by atoms with Gasteiger partial charge in [0.2, 0.25) is 5.60 Å². The monoisotopic (exact) mass is 463 g/mol. The van der Waals surface area contributed by atoms with E-state index in [1.807, 2.05) is 20.8 Å². The van der Waals surface area contributed by atoms with Gasteiger partial charge in [0.25, 0.3) is 0 Å². The fourth-order valence-electron chi connectivity index (χ4n) is 2.07. The van der Waals surface area contributed by atoms with Crippen molar-refractivity contribution in [1.29, 1.82) is 0 Å². The van der Waals surface area contributed by atoms with Crippen LogP contribution in [0, 0.1) is 0 Å². The van der Waals surface area contributed by atoms with Gasteiger partial charge in [0.05, 0.1) is 0 Å². The number of hydrogen-bond acceptors (Lipinski definition) is 3. The number of aromatic nitrogens is 2. The highest BCUT2D eigenvalue weighted by molar-refractivity contribution is 14.0. The fourth-order valence-corrected chi connectivity index (χ4v) is 2.07. The largest absolute Gasteiger partial charge is 0.424 e. The number of aliphatic hydroxyl groups is 1. The van der Waals surface area contributed by atoms with Gasteiger partial charge < -0.3 is 20.3 Å². The summed E-state index contributed by atoms with van der Waals surface area (Å²) in [4.78, 5) is 7.74. The molecule has 0 saturated heterocycles. The summed E-state index contributed by atoms with van der Waals surface area (Å²) < 4.78 is 41.2. The van der Waals surface area contributed by atoms with Crippen molar-refractivity contribution in [3.8, 4) is 0 Å². The molecule has 1 unspecified atom stereocenters. The number of alkyl halides is 3. The SMILES string of the molecule is CCNC(=NCCC(O)(c1nccn1C)C(F)(F)F)NC(C)C.I. The number of imidazole rings is 1. The lowest BCUT2D eigenvalue weighted by Crippen LogP contribution is -2.45. The van der Waals surface area contributed by atoms with Crippen LogP contribution in [-0.4, -0.2) is 45.9 Å². The Morgan fingerprint density at radius 1 is 1.42 bits per heavy atom. The second kappa shape index (κ2) is 9.44. The second-order valence-corrected chi connectivity index (χ2v) is 5.53. The minimum atomic E-state index is -4.84. The number of rotatable bonds is 6. The van der Waals surface area contributed by atoms with Crippen LogP contribution in [0.4, 0.5) is 13.2 Å². The average Bonchev–Trinajstić information content (AvgIpc) is 2.83. The van der Waals surface area contributed by atoms with E-state index in [1.165, 1.54) is 19.4 Å². The third kappa shape index (κ3) is 5.80. The molecule has 0 spiro atoms. The Kier molecular flexibility index (Phi) is 9.04. The van der Waals surface area contributed by atoms with Crippen molar-refractivity contribution in [2.75, 3.05) is 13.1 Å². The highest BCUT2D eigenvalue weighted by atomic mass is 127. The summed E-state index contributed by atoms with van der Waals surface area (Å²) in [7, 11) is 1.41. The predicted molar refractivity (Wildman–Crippen MR) is 97.4 cm³/mol. The molecule has 0 amide bonds. The number of nitrogens with zero attached hydrogens (tertiary/aromatic N) is 3. The summed E-state index contributed by atoms with van der Waals surface area (Å²) in [5.41, 5.74) is -3.04. The highest BCUT2D eigenvalue weighted by Gasteiger charge is 2.57. The van der Waals surface area contributed by atoms with E-state index in [9.17, 15) is 18.3 Å². The second-order valence-electron chi connectivity index (χ2n) is 5.53. The molecule has 0 fully saturated rings. The Morgan fingerprint density at radius 2 is 2.04 bits per heavy atom. The van der Waals surface area contributed by atoms with Crippen LogP contribution in [0.1, 0.15) is 33.0 Å². The number of guanidine groups is 1. The van der Waals surface area contributed by atoms with Crippen LogP contribution in [0.3, 0.4) is 0 Å². The van der Waals surface area contributed by atoms with Crippen molar-refractivity contribution in [3.05, 3.63) is 18.2 Å². The molecule has 24 heavy (non-hydrogen) atoms. The van der Waals surface area contributed by atoms with Gasteiger partial charge in [-0.2, -0.15) is 13.2 Å². The minimum Gasteiger partial charge on any atom is -0.374 e. The van der Waals surface area contributed by atoms with E-state index in [2.05, 4.69) is 20.6 Å². The number of halogens is 4. The molecule has 6 nitrogen and oxygen atoms in total. The zero-order valence-corrected chi connectivity index (χ0v) is 16.5. The van der Waals surface area contributed by atoms with E-state index in [1.54, 1.807) is 0 Å². The maximum atomic E-state index is 13.3. The molecule has 0 aliphatic heterocycles. The minimum absolute atomic E-state index is 0. The maximum Gasteiger partial charge on any atom is 0.424 e. The van der Waals surface area contributed by atoms with E-state index in [0.29, 0.717) is 12.5 Å². The van der Waals surface area contributed by atoms with Crippen LogP contribution in [0.15, 0.2) is 17.4 Å². The van der Waals surface area contributed by atoms with E-state index >= 15 is 0 Å². The molecule has 3 N–H and O–H groups in total. The van der Waals surface area contributed by atoms with Crippen LogP contribution in [-0.2, 0) is 12.6 Å². The highest BCUT2D eigenvalue weighted by Crippen LogP contribution is 2.40. The molecule has 140 valence electrons. The smallest absolute Gasteiger partial charge is 0.374 e. The van der Waals surface area contributed by atoms with Crippen LogP contribution < -0.4 is 10.6 Å². The van der Waals surface area contributed by atoms with Gasteiger partial charge in [-0.1, -0.05) is 0 Å². The summed E-state index contributed by atoms with van der Waals surface area (Å²) >= 11 is 0. The first-order valence-corrected chi connectivity index (χ1v) is 7.43. The average molecular weight is 463 g/mol. The molecule has 0 aromatic carbocycles. The number of aryl methyl sites for hydroxylation is 1.